The largest absolute Gasteiger partial charge is 0.493 e. The van der Waals surface area contributed by atoms with Crippen LogP contribution in [-0.2, 0) is 15.6 Å². The molecule has 0 aromatic heterocycles. The number of hydrogen-bond donors (Lipinski definition) is 0. The molecule has 0 bridgehead atoms. The van der Waals surface area contributed by atoms with Crippen LogP contribution in [0.4, 0.5) is 5.69 Å². The smallest absolute Gasteiger partial charge is 0.261 e. The molecule has 0 unspecified atom stereocenters. The van der Waals surface area contributed by atoms with Crippen molar-refractivity contribution in [2.24, 2.45) is 0 Å². The summed E-state index contributed by atoms with van der Waals surface area (Å²) in [5, 5.41) is 0. The Kier molecular flexibility index (Phi) is 4.15. The lowest BCUT2D eigenvalue weighted by Gasteiger charge is -2.15. The molecule has 0 saturated carbocycles. The first kappa shape index (κ1) is 16.6. The molecule has 0 N–H and O–H groups in total. The van der Waals surface area contributed by atoms with Crippen LogP contribution in [0.1, 0.15) is 15.9 Å². The van der Waals surface area contributed by atoms with Gasteiger partial charge in [-0.2, -0.15) is 0 Å². The molecular weight excluding hydrogens is 354 g/mol. The fourth-order valence-electron chi connectivity index (χ4n) is 2.64. The summed E-state index contributed by atoms with van der Waals surface area (Å²) in [6.45, 7) is 0.363. The minimum atomic E-state index is -3.79. The van der Waals surface area contributed by atoms with Crippen molar-refractivity contribution in [1.82, 2.24) is 0 Å². The summed E-state index contributed by atoms with van der Waals surface area (Å²) >= 11 is 0. The minimum absolute atomic E-state index is 0.0135. The molecule has 0 aliphatic carbocycles. The van der Waals surface area contributed by atoms with Crippen LogP contribution in [0, 0.1) is 0 Å². The van der Waals surface area contributed by atoms with Crippen molar-refractivity contribution in [3.63, 3.8) is 0 Å². The number of ether oxygens (including phenoxy) is 2. The first-order chi connectivity index (χ1) is 11.3. The molecule has 1 heterocycles. The van der Waals surface area contributed by atoms with Crippen molar-refractivity contribution >= 4 is 31.3 Å². The lowest BCUT2D eigenvalue weighted by Crippen LogP contribution is -2.22. The Labute approximate surface area is 144 Å². The van der Waals surface area contributed by atoms with Gasteiger partial charge in [0.15, 0.2) is 11.5 Å². The van der Waals surface area contributed by atoms with Gasteiger partial charge in [0.25, 0.3) is 15.0 Å². The summed E-state index contributed by atoms with van der Waals surface area (Å²) in [7, 11) is 4.55. The number of anilines is 1. The van der Waals surface area contributed by atoms with E-state index in [9.17, 15) is 13.2 Å². The zero-order chi connectivity index (χ0) is 17.5. The van der Waals surface area contributed by atoms with Gasteiger partial charge in [0.2, 0.25) is 0 Å². The van der Waals surface area contributed by atoms with E-state index in [4.69, 9.17) is 20.2 Å². The molecule has 1 aliphatic heterocycles. The average Bonchev–Trinajstić information content (AvgIpc) is 2.89. The number of carbonyl (C=O) groups excluding carboxylic acids is 1. The predicted molar refractivity (Wildman–Crippen MR) is 89.5 cm³/mol. The molecule has 0 fully saturated rings. The first-order valence-corrected chi connectivity index (χ1v) is 9.27. The van der Waals surface area contributed by atoms with Gasteiger partial charge in [-0.05, 0) is 42.0 Å². The van der Waals surface area contributed by atoms with Crippen molar-refractivity contribution in [2.45, 2.75) is 11.4 Å². The molecule has 0 radical (unpaired) electrons. The van der Waals surface area contributed by atoms with E-state index < -0.39 is 9.05 Å². The predicted octanol–water partition coefficient (Wildman–Crippen LogP) is 2.79. The van der Waals surface area contributed by atoms with Gasteiger partial charge in [-0.3, -0.25) is 4.79 Å². The number of fused-ring (bicyclic) bond motifs is 1. The van der Waals surface area contributed by atoms with Crippen molar-refractivity contribution in [2.75, 3.05) is 19.1 Å². The molecule has 3 rings (SSSR count). The summed E-state index contributed by atoms with van der Waals surface area (Å²) in [6, 6.07) is 9.25. The Morgan fingerprint density at radius 2 is 1.62 bits per heavy atom. The van der Waals surface area contributed by atoms with E-state index >= 15 is 0 Å². The topological polar surface area (TPSA) is 72.9 Å². The molecule has 126 valence electrons. The average molecular weight is 368 g/mol. The second-order valence-corrected chi connectivity index (χ2v) is 7.75. The third-order valence-corrected chi connectivity index (χ3v) is 5.21. The van der Waals surface area contributed by atoms with Gasteiger partial charge in [-0.15, -0.1) is 0 Å². The Balaban J connectivity index is 1.96. The maximum absolute atomic E-state index is 12.6. The van der Waals surface area contributed by atoms with Crippen molar-refractivity contribution in [3.05, 3.63) is 47.5 Å². The van der Waals surface area contributed by atoms with Crippen molar-refractivity contribution in [1.29, 1.82) is 0 Å². The molecular formula is C16H14ClNO5S. The highest BCUT2D eigenvalue weighted by Crippen LogP contribution is 2.36. The van der Waals surface area contributed by atoms with Gasteiger partial charge in [0.1, 0.15) is 0 Å². The molecule has 8 heteroatoms. The van der Waals surface area contributed by atoms with Crippen LogP contribution in [0.15, 0.2) is 41.3 Å². The monoisotopic (exact) mass is 367 g/mol. The van der Waals surface area contributed by atoms with Crippen LogP contribution in [0.25, 0.3) is 0 Å². The fraction of sp³-hybridized carbons (Fsp3) is 0.188. The third kappa shape index (κ3) is 2.81. The van der Waals surface area contributed by atoms with E-state index in [2.05, 4.69) is 0 Å². The Morgan fingerprint density at radius 3 is 2.17 bits per heavy atom. The van der Waals surface area contributed by atoms with Crippen molar-refractivity contribution in [3.8, 4) is 11.5 Å². The van der Waals surface area contributed by atoms with Gasteiger partial charge in [-0.25, -0.2) is 8.42 Å². The van der Waals surface area contributed by atoms with Gasteiger partial charge < -0.3 is 14.4 Å². The number of amides is 1. The molecule has 0 saturated heterocycles. The lowest BCUT2D eigenvalue weighted by atomic mass is 10.1. The highest BCUT2D eigenvalue weighted by molar-refractivity contribution is 8.13. The van der Waals surface area contributed by atoms with Crippen LogP contribution < -0.4 is 14.4 Å². The second kappa shape index (κ2) is 5.99. The Bertz CT molecular complexity index is 909. The molecule has 1 aliphatic rings. The zero-order valence-electron chi connectivity index (χ0n) is 12.9. The van der Waals surface area contributed by atoms with Crippen LogP contribution in [0.3, 0.4) is 0 Å². The van der Waals surface area contributed by atoms with E-state index in [1.165, 1.54) is 26.4 Å². The van der Waals surface area contributed by atoms with Crippen molar-refractivity contribution < 1.29 is 22.7 Å². The molecule has 0 atom stereocenters. The number of nitrogens with zero attached hydrogens (tertiary/aromatic N) is 1. The SMILES string of the molecule is COc1cc2c(cc1OC)C(=O)N(c1ccc(S(=O)(=O)Cl)cc1)C2. The Morgan fingerprint density at radius 1 is 1.04 bits per heavy atom. The molecule has 6 nitrogen and oxygen atoms in total. The molecule has 2 aromatic carbocycles. The molecule has 1 amide bonds. The van der Waals surface area contributed by atoms with Gasteiger partial charge in [-0.1, -0.05) is 0 Å². The number of carbonyl (C=O) groups is 1. The van der Waals surface area contributed by atoms with Crippen LogP contribution in [0.5, 0.6) is 11.5 Å². The number of methoxy groups -OCH3 is 2. The van der Waals surface area contributed by atoms with E-state index in [0.717, 1.165) is 5.56 Å². The summed E-state index contributed by atoms with van der Waals surface area (Å²) < 4.78 is 33.1. The third-order valence-electron chi connectivity index (χ3n) is 3.84. The van der Waals surface area contributed by atoms with Gasteiger partial charge in [0, 0.05) is 21.9 Å². The van der Waals surface area contributed by atoms with E-state index in [1.54, 1.807) is 29.2 Å². The first-order valence-electron chi connectivity index (χ1n) is 6.96. The number of benzene rings is 2. The normalized spacial score (nSPS) is 13.8. The summed E-state index contributed by atoms with van der Waals surface area (Å²) in [6.07, 6.45) is 0. The standard InChI is InChI=1S/C16H14ClNO5S/c1-22-14-7-10-9-18(16(19)13(10)8-15(14)23-2)11-3-5-12(6-4-11)24(17,20)21/h3-8H,9H2,1-2H3. The number of rotatable bonds is 4. The highest BCUT2D eigenvalue weighted by atomic mass is 35.7. The maximum Gasteiger partial charge on any atom is 0.261 e. The minimum Gasteiger partial charge on any atom is -0.493 e. The van der Waals surface area contributed by atoms with E-state index in [-0.39, 0.29) is 10.8 Å². The molecule has 2 aromatic rings. The maximum atomic E-state index is 12.6. The summed E-state index contributed by atoms with van der Waals surface area (Å²) in [5.41, 5.74) is 1.92. The quantitative estimate of drug-likeness (QED) is 0.777. The fourth-order valence-corrected chi connectivity index (χ4v) is 3.41. The van der Waals surface area contributed by atoms with Gasteiger partial charge in [0.05, 0.1) is 25.7 Å². The van der Waals surface area contributed by atoms with Crippen LogP contribution >= 0.6 is 10.7 Å². The lowest BCUT2D eigenvalue weighted by molar-refractivity contribution is 0.0996. The van der Waals surface area contributed by atoms with Crippen LogP contribution in [0.2, 0.25) is 0 Å². The molecule has 24 heavy (non-hydrogen) atoms. The van der Waals surface area contributed by atoms with Gasteiger partial charge >= 0.3 is 0 Å². The number of halogens is 1. The molecule has 0 spiro atoms. The van der Waals surface area contributed by atoms with E-state index in [1.807, 2.05) is 0 Å². The zero-order valence-corrected chi connectivity index (χ0v) is 14.5. The van der Waals surface area contributed by atoms with E-state index in [0.29, 0.717) is 29.3 Å². The summed E-state index contributed by atoms with van der Waals surface area (Å²) in [5.74, 6) is 0.844. The highest BCUT2D eigenvalue weighted by Gasteiger charge is 2.30. The summed E-state index contributed by atoms with van der Waals surface area (Å²) in [4.78, 5) is 14.2. The number of hydrogen-bond acceptors (Lipinski definition) is 5. The Hall–Kier alpha value is -2.25. The second-order valence-electron chi connectivity index (χ2n) is 5.19. The van der Waals surface area contributed by atoms with Crippen LogP contribution in [-0.4, -0.2) is 28.5 Å².